The van der Waals surface area contributed by atoms with E-state index in [-0.39, 0.29) is 22.5 Å². The molecule has 0 aliphatic carbocycles. The van der Waals surface area contributed by atoms with E-state index in [2.05, 4.69) is 28.8 Å². The van der Waals surface area contributed by atoms with Crippen LogP contribution in [0.2, 0.25) is 5.02 Å². The molecule has 0 unspecified atom stereocenters. The first-order valence-electron chi connectivity index (χ1n) is 10.1. The number of methoxy groups -OCH3 is 1. The molecule has 1 heterocycles. The molecular weight excluding hydrogens is 454 g/mol. The van der Waals surface area contributed by atoms with Crippen molar-refractivity contribution in [2.45, 2.75) is 50.5 Å². The lowest BCUT2D eigenvalue weighted by Crippen LogP contribution is -2.33. The molecule has 0 amide bonds. The van der Waals surface area contributed by atoms with Gasteiger partial charge in [-0.15, -0.1) is 5.10 Å². The van der Waals surface area contributed by atoms with Crippen molar-refractivity contribution in [3.8, 4) is 5.75 Å². The Balaban J connectivity index is 2.11. The van der Waals surface area contributed by atoms with Crippen LogP contribution in [-0.4, -0.2) is 25.7 Å². The summed E-state index contributed by atoms with van der Waals surface area (Å²) in [5, 5.41) is 6.46. The Morgan fingerprint density at radius 2 is 1.91 bits per heavy atom. The van der Waals surface area contributed by atoms with E-state index in [0.717, 1.165) is 16.7 Å². The third-order valence-electron chi connectivity index (χ3n) is 5.34. The molecule has 2 N–H and O–H groups in total. The second-order valence-electron chi connectivity index (χ2n) is 7.87. The van der Waals surface area contributed by atoms with Crippen molar-refractivity contribution in [3.63, 3.8) is 0 Å². The largest absolute Gasteiger partial charge is 0.495 e. The van der Waals surface area contributed by atoms with Crippen LogP contribution >= 0.6 is 11.6 Å². The van der Waals surface area contributed by atoms with Crippen LogP contribution in [0.25, 0.3) is 0 Å². The van der Waals surface area contributed by atoms with Gasteiger partial charge in [0.15, 0.2) is 0 Å². The van der Waals surface area contributed by atoms with E-state index < -0.39 is 27.7 Å². The smallest absolute Gasteiger partial charge is 0.434 e. The average Bonchev–Trinajstić information content (AvgIpc) is 3.16. The van der Waals surface area contributed by atoms with Gasteiger partial charge < -0.3 is 9.15 Å². The molecule has 0 aliphatic heterocycles. The van der Waals surface area contributed by atoms with E-state index in [0.29, 0.717) is 5.02 Å². The maximum atomic E-state index is 13.3. The number of hydrogen-bond acceptors (Lipinski definition) is 6. The zero-order valence-corrected chi connectivity index (χ0v) is 20.0. The SMILES string of the molecule is COc1cc(Cl)ccc1S(=O)(=O)N[C@H](c1n[nH]c(=O)o1)[C@H](C)c1cccc(C)c1C(C)C. The van der Waals surface area contributed by atoms with Crippen molar-refractivity contribution in [2.24, 2.45) is 0 Å². The summed E-state index contributed by atoms with van der Waals surface area (Å²) in [6.07, 6.45) is 0. The highest BCUT2D eigenvalue weighted by Gasteiger charge is 2.33. The fourth-order valence-corrected chi connectivity index (χ4v) is 5.49. The lowest BCUT2D eigenvalue weighted by atomic mass is 9.83. The van der Waals surface area contributed by atoms with Crippen molar-refractivity contribution >= 4 is 21.6 Å². The highest BCUT2D eigenvalue weighted by molar-refractivity contribution is 7.89. The van der Waals surface area contributed by atoms with Gasteiger partial charge >= 0.3 is 5.76 Å². The lowest BCUT2D eigenvalue weighted by molar-refractivity contribution is 0.378. The molecule has 0 fully saturated rings. The van der Waals surface area contributed by atoms with Crippen LogP contribution in [0.15, 0.2) is 50.5 Å². The molecule has 1 aromatic heterocycles. The first-order chi connectivity index (χ1) is 15.0. The van der Waals surface area contributed by atoms with Crippen molar-refractivity contribution in [2.75, 3.05) is 7.11 Å². The Hall–Kier alpha value is -2.62. The number of hydrogen-bond donors (Lipinski definition) is 2. The maximum absolute atomic E-state index is 13.3. The van der Waals surface area contributed by atoms with Crippen LogP contribution in [0.4, 0.5) is 0 Å². The van der Waals surface area contributed by atoms with Gasteiger partial charge in [-0.2, -0.15) is 4.72 Å². The molecule has 10 heteroatoms. The van der Waals surface area contributed by atoms with Crippen LogP contribution < -0.4 is 15.2 Å². The molecule has 0 saturated heterocycles. The number of aromatic amines is 1. The Labute approximate surface area is 192 Å². The van der Waals surface area contributed by atoms with Crippen LogP contribution in [0.5, 0.6) is 5.75 Å². The summed E-state index contributed by atoms with van der Waals surface area (Å²) in [5.41, 5.74) is 3.13. The zero-order valence-electron chi connectivity index (χ0n) is 18.5. The standard InChI is InChI=1S/C22H26ClN3O5S/c1-12(2)19-13(3)7-6-8-16(19)14(4)20(21-24-25-22(27)31-21)26-32(28,29)18-10-9-15(23)11-17(18)30-5/h6-12,14,20,26H,1-5H3,(H,25,27)/t14-,20+/m1/s1. The highest BCUT2D eigenvalue weighted by Crippen LogP contribution is 2.37. The number of aromatic nitrogens is 2. The van der Waals surface area contributed by atoms with E-state index in [1.54, 1.807) is 0 Å². The summed E-state index contributed by atoms with van der Waals surface area (Å²) in [4.78, 5) is 11.6. The van der Waals surface area contributed by atoms with Gasteiger partial charge in [0.05, 0.1) is 7.11 Å². The number of halogens is 1. The van der Waals surface area contributed by atoms with E-state index >= 15 is 0 Å². The molecule has 3 rings (SSSR count). The molecule has 8 nitrogen and oxygen atoms in total. The molecule has 0 spiro atoms. The summed E-state index contributed by atoms with van der Waals surface area (Å²) in [6.45, 7) is 8.02. The third-order valence-corrected chi connectivity index (χ3v) is 7.06. The van der Waals surface area contributed by atoms with Gasteiger partial charge in [0.2, 0.25) is 15.9 Å². The summed E-state index contributed by atoms with van der Waals surface area (Å²) < 4.78 is 39.7. The summed E-state index contributed by atoms with van der Waals surface area (Å²) in [6, 6.07) is 9.15. The van der Waals surface area contributed by atoms with Gasteiger partial charge in [-0.05, 0) is 41.7 Å². The van der Waals surface area contributed by atoms with Crippen molar-refractivity contribution in [1.29, 1.82) is 0 Å². The normalized spacial score (nSPS) is 13.8. The predicted molar refractivity (Wildman–Crippen MR) is 122 cm³/mol. The number of sulfonamides is 1. The average molecular weight is 480 g/mol. The molecule has 3 aromatic rings. The topological polar surface area (TPSA) is 114 Å². The Morgan fingerprint density at radius 3 is 2.50 bits per heavy atom. The number of benzene rings is 2. The minimum absolute atomic E-state index is 0.0600. The van der Waals surface area contributed by atoms with Gasteiger partial charge in [-0.1, -0.05) is 50.6 Å². The van der Waals surface area contributed by atoms with Gasteiger partial charge in [0.1, 0.15) is 16.7 Å². The van der Waals surface area contributed by atoms with Crippen LogP contribution in [0.1, 0.15) is 61.2 Å². The van der Waals surface area contributed by atoms with E-state index in [1.807, 2.05) is 32.0 Å². The number of ether oxygens (including phenoxy) is 1. The summed E-state index contributed by atoms with van der Waals surface area (Å²) >= 11 is 5.98. The molecule has 172 valence electrons. The van der Waals surface area contributed by atoms with Gasteiger partial charge in [0, 0.05) is 17.0 Å². The van der Waals surface area contributed by atoms with Crippen LogP contribution in [-0.2, 0) is 10.0 Å². The molecular formula is C22H26ClN3O5S. The number of nitrogens with one attached hydrogen (secondary N) is 2. The number of rotatable bonds is 8. The molecule has 2 aromatic carbocycles. The van der Waals surface area contributed by atoms with E-state index in [9.17, 15) is 13.2 Å². The Kier molecular flexibility index (Phi) is 7.12. The van der Waals surface area contributed by atoms with Crippen molar-refractivity contribution in [3.05, 3.63) is 74.6 Å². The number of H-pyrrole nitrogens is 1. The molecule has 0 saturated carbocycles. The Morgan fingerprint density at radius 1 is 1.19 bits per heavy atom. The first-order valence-corrected chi connectivity index (χ1v) is 11.9. The fourth-order valence-electron chi connectivity index (χ4n) is 3.90. The fraction of sp³-hybridized carbons (Fsp3) is 0.364. The van der Waals surface area contributed by atoms with Gasteiger partial charge in [-0.3, -0.25) is 0 Å². The monoisotopic (exact) mass is 479 g/mol. The quantitative estimate of drug-likeness (QED) is 0.498. The van der Waals surface area contributed by atoms with Crippen molar-refractivity contribution in [1.82, 2.24) is 14.9 Å². The Bertz CT molecular complexity index is 1270. The van der Waals surface area contributed by atoms with Gasteiger partial charge in [-0.25, -0.2) is 18.3 Å². The molecule has 32 heavy (non-hydrogen) atoms. The summed E-state index contributed by atoms with van der Waals surface area (Å²) in [5.74, 6) is -0.942. The highest BCUT2D eigenvalue weighted by atomic mass is 35.5. The second-order valence-corrected chi connectivity index (χ2v) is 9.99. The zero-order chi connectivity index (χ0) is 23.6. The molecule has 0 bridgehead atoms. The first kappa shape index (κ1) is 24.0. The minimum atomic E-state index is -4.10. The maximum Gasteiger partial charge on any atom is 0.434 e. The molecule has 2 atom stereocenters. The van der Waals surface area contributed by atoms with E-state index in [1.165, 1.54) is 25.3 Å². The lowest BCUT2D eigenvalue weighted by Gasteiger charge is -2.27. The van der Waals surface area contributed by atoms with Gasteiger partial charge in [0.25, 0.3) is 0 Å². The minimum Gasteiger partial charge on any atom is -0.495 e. The molecule has 0 aliphatic rings. The predicted octanol–water partition coefficient (Wildman–Crippen LogP) is 4.28. The number of nitrogens with zero attached hydrogens (tertiary/aromatic N) is 1. The third kappa shape index (κ3) is 4.90. The van der Waals surface area contributed by atoms with Crippen LogP contribution in [0.3, 0.4) is 0 Å². The molecule has 0 radical (unpaired) electrons. The van der Waals surface area contributed by atoms with E-state index in [4.69, 9.17) is 20.8 Å². The summed E-state index contributed by atoms with van der Waals surface area (Å²) in [7, 11) is -2.74. The van der Waals surface area contributed by atoms with Crippen LogP contribution in [0, 0.1) is 6.92 Å². The second kappa shape index (κ2) is 9.48. The number of aryl methyl sites for hydroxylation is 1. The van der Waals surface area contributed by atoms with Crippen molar-refractivity contribution < 1.29 is 17.6 Å².